The maximum Gasteiger partial charge on any atom is 0.211 e. The molecule has 0 aliphatic rings. The molecule has 0 fully saturated rings. The summed E-state index contributed by atoms with van der Waals surface area (Å²) in [5, 5.41) is 10.2. The SMILES string of the molecule is C=CCn1c(C)cc(C(=O)CSc2nnc3c4ccccc4n(CC)c3n2)c1C. The summed E-state index contributed by atoms with van der Waals surface area (Å²) in [6, 6.07) is 10.1. The molecule has 29 heavy (non-hydrogen) atoms. The number of carbonyl (C=O) groups is 1. The number of Topliss-reactive ketones (excluding diaryl/α,β-unsaturated/α-hetero) is 1. The number of nitrogens with zero attached hydrogens (tertiary/aromatic N) is 5. The molecule has 0 amide bonds. The number of benzene rings is 1. The van der Waals surface area contributed by atoms with E-state index in [4.69, 9.17) is 4.98 Å². The van der Waals surface area contributed by atoms with Crippen LogP contribution < -0.4 is 0 Å². The van der Waals surface area contributed by atoms with Crippen LogP contribution in [0.3, 0.4) is 0 Å². The Morgan fingerprint density at radius 3 is 2.76 bits per heavy atom. The summed E-state index contributed by atoms with van der Waals surface area (Å²) in [7, 11) is 0. The first-order valence-electron chi connectivity index (χ1n) is 9.60. The monoisotopic (exact) mass is 405 g/mol. The van der Waals surface area contributed by atoms with Gasteiger partial charge < -0.3 is 9.13 Å². The first-order valence-corrected chi connectivity index (χ1v) is 10.6. The van der Waals surface area contributed by atoms with Gasteiger partial charge >= 0.3 is 0 Å². The second kappa shape index (κ2) is 7.83. The summed E-state index contributed by atoms with van der Waals surface area (Å²) in [5.74, 6) is 0.343. The fraction of sp³-hybridized carbons (Fsp3) is 0.273. The summed E-state index contributed by atoms with van der Waals surface area (Å²) in [4.78, 5) is 17.5. The van der Waals surface area contributed by atoms with E-state index in [0.717, 1.165) is 45.6 Å². The second-order valence-corrected chi connectivity index (χ2v) is 7.87. The lowest BCUT2D eigenvalue weighted by Crippen LogP contribution is -2.07. The van der Waals surface area contributed by atoms with Crippen molar-refractivity contribution in [3.63, 3.8) is 0 Å². The van der Waals surface area contributed by atoms with E-state index in [1.807, 2.05) is 44.2 Å². The van der Waals surface area contributed by atoms with Crippen LogP contribution in [0.1, 0.15) is 28.7 Å². The molecule has 3 aromatic heterocycles. The van der Waals surface area contributed by atoms with Gasteiger partial charge in [-0.05, 0) is 32.9 Å². The molecule has 0 atom stereocenters. The van der Waals surface area contributed by atoms with Gasteiger partial charge in [0.2, 0.25) is 5.16 Å². The molecule has 7 heteroatoms. The van der Waals surface area contributed by atoms with Crippen LogP contribution in [0.15, 0.2) is 48.1 Å². The number of hydrogen-bond acceptors (Lipinski definition) is 5. The van der Waals surface area contributed by atoms with Gasteiger partial charge in [0.05, 0.1) is 11.3 Å². The highest BCUT2D eigenvalue weighted by Crippen LogP contribution is 2.27. The molecule has 0 radical (unpaired) electrons. The number of allylic oxidation sites excluding steroid dienone is 1. The van der Waals surface area contributed by atoms with Crippen molar-refractivity contribution in [3.8, 4) is 0 Å². The maximum atomic E-state index is 12.8. The summed E-state index contributed by atoms with van der Waals surface area (Å²) in [6.07, 6.45) is 1.84. The lowest BCUT2D eigenvalue weighted by atomic mass is 10.2. The van der Waals surface area contributed by atoms with Crippen molar-refractivity contribution in [3.05, 3.63) is 59.9 Å². The van der Waals surface area contributed by atoms with Crippen LogP contribution in [0, 0.1) is 13.8 Å². The molecular formula is C22H23N5OS. The van der Waals surface area contributed by atoms with E-state index in [2.05, 4.69) is 38.9 Å². The van der Waals surface area contributed by atoms with E-state index in [-0.39, 0.29) is 11.5 Å². The number of hydrogen-bond donors (Lipinski definition) is 0. The Balaban J connectivity index is 1.60. The molecule has 0 saturated heterocycles. The molecule has 0 aliphatic heterocycles. The van der Waals surface area contributed by atoms with Crippen LogP contribution in [-0.4, -0.2) is 35.9 Å². The zero-order valence-electron chi connectivity index (χ0n) is 16.8. The number of aromatic nitrogens is 5. The normalized spacial score (nSPS) is 11.4. The molecule has 4 aromatic rings. The zero-order chi connectivity index (χ0) is 20.5. The Bertz CT molecular complexity index is 1240. The van der Waals surface area contributed by atoms with Crippen LogP contribution >= 0.6 is 11.8 Å². The van der Waals surface area contributed by atoms with Gasteiger partial charge in [0.15, 0.2) is 11.4 Å². The third-order valence-electron chi connectivity index (χ3n) is 5.19. The van der Waals surface area contributed by atoms with Gasteiger partial charge in [0.1, 0.15) is 5.52 Å². The summed E-state index contributed by atoms with van der Waals surface area (Å²) >= 11 is 1.33. The lowest BCUT2D eigenvalue weighted by molar-refractivity contribution is 0.102. The van der Waals surface area contributed by atoms with E-state index >= 15 is 0 Å². The van der Waals surface area contributed by atoms with Gasteiger partial charge in [0, 0.05) is 35.4 Å². The third-order valence-corrected chi connectivity index (χ3v) is 6.03. The standard InChI is InChI=1S/C22H23N5OS/c1-5-11-27-14(3)12-17(15(27)4)19(28)13-29-22-23-21-20(24-25-22)16-9-7-8-10-18(16)26(21)6-2/h5,7-10,12H,1,6,11,13H2,2-4H3. The van der Waals surface area contributed by atoms with E-state index in [1.165, 1.54) is 11.8 Å². The number of rotatable bonds is 7. The Hall–Kier alpha value is -2.93. The molecule has 3 heterocycles. The van der Waals surface area contributed by atoms with E-state index in [1.54, 1.807) is 0 Å². The Morgan fingerprint density at radius 1 is 1.21 bits per heavy atom. The van der Waals surface area contributed by atoms with Gasteiger partial charge in [-0.2, -0.15) is 0 Å². The van der Waals surface area contributed by atoms with Crippen molar-refractivity contribution < 1.29 is 4.79 Å². The van der Waals surface area contributed by atoms with Crippen LogP contribution in [-0.2, 0) is 13.1 Å². The van der Waals surface area contributed by atoms with Gasteiger partial charge in [-0.3, -0.25) is 4.79 Å². The minimum Gasteiger partial charge on any atom is -0.345 e. The van der Waals surface area contributed by atoms with E-state index < -0.39 is 0 Å². The van der Waals surface area contributed by atoms with Crippen molar-refractivity contribution in [2.75, 3.05) is 5.75 Å². The van der Waals surface area contributed by atoms with Gasteiger partial charge in [-0.25, -0.2) is 4.98 Å². The molecule has 0 spiro atoms. The van der Waals surface area contributed by atoms with Crippen LogP contribution in [0.25, 0.3) is 22.1 Å². The Labute approximate surface area is 173 Å². The molecule has 4 rings (SSSR count). The number of ketones is 1. The third kappa shape index (κ3) is 3.35. The van der Waals surface area contributed by atoms with Gasteiger partial charge in [0.25, 0.3) is 0 Å². The first kappa shape index (κ1) is 19.4. The number of para-hydroxylation sites is 1. The predicted octanol–water partition coefficient (Wildman–Crippen LogP) is 4.58. The second-order valence-electron chi connectivity index (χ2n) is 6.92. The van der Waals surface area contributed by atoms with Crippen molar-refractivity contribution >= 4 is 39.6 Å². The van der Waals surface area contributed by atoms with Crippen LogP contribution in [0.5, 0.6) is 0 Å². The van der Waals surface area contributed by atoms with Gasteiger partial charge in [-0.15, -0.1) is 16.8 Å². The Morgan fingerprint density at radius 2 is 2.00 bits per heavy atom. The Kier molecular flexibility index (Phi) is 5.24. The lowest BCUT2D eigenvalue weighted by Gasteiger charge is -2.06. The average Bonchev–Trinajstić information content (AvgIpc) is 3.20. The highest BCUT2D eigenvalue weighted by molar-refractivity contribution is 7.99. The van der Waals surface area contributed by atoms with Crippen molar-refractivity contribution in [1.82, 2.24) is 24.3 Å². The molecular weight excluding hydrogens is 382 g/mol. The van der Waals surface area contributed by atoms with E-state index in [0.29, 0.717) is 11.7 Å². The number of fused-ring (bicyclic) bond motifs is 3. The summed E-state index contributed by atoms with van der Waals surface area (Å²) < 4.78 is 4.23. The highest BCUT2D eigenvalue weighted by Gasteiger charge is 2.18. The smallest absolute Gasteiger partial charge is 0.211 e. The van der Waals surface area contributed by atoms with Crippen LogP contribution in [0.2, 0.25) is 0 Å². The fourth-order valence-electron chi connectivity index (χ4n) is 3.77. The molecule has 0 aliphatic carbocycles. The largest absolute Gasteiger partial charge is 0.345 e. The predicted molar refractivity (Wildman–Crippen MR) is 118 cm³/mol. The molecule has 0 N–H and O–H groups in total. The van der Waals surface area contributed by atoms with E-state index in [9.17, 15) is 4.79 Å². The molecule has 6 nitrogen and oxygen atoms in total. The topological polar surface area (TPSA) is 65.6 Å². The van der Waals surface area contributed by atoms with Crippen molar-refractivity contribution in [2.24, 2.45) is 0 Å². The van der Waals surface area contributed by atoms with Crippen molar-refractivity contribution in [2.45, 2.75) is 39.0 Å². The number of carbonyl (C=O) groups excluding carboxylic acids is 1. The van der Waals surface area contributed by atoms with Crippen molar-refractivity contribution in [1.29, 1.82) is 0 Å². The average molecular weight is 406 g/mol. The molecule has 1 aromatic carbocycles. The maximum absolute atomic E-state index is 12.8. The van der Waals surface area contributed by atoms with Gasteiger partial charge in [-0.1, -0.05) is 36.0 Å². The number of thioether (sulfide) groups is 1. The zero-order valence-corrected chi connectivity index (χ0v) is 17.7. The highest BCUT2D eigenvalue weighted by atomic mass is 32.2. The molecule has 148 valence electrons. The number of aryl methyl sites for hydroxylation is 2. The van der Waals surface area contributed by atoms with Crippen LogP contribution in [0.4, 0.5) is 0 Å². The minimum absolute atomic E-state index is 0.0677. The minimum atomic E-state index is 0.0677. The quantitative estimate of drug-likeness (QED) is 0.256. The molecule has 0 saturated carbocycles. The fourth-order valence-corrected chi connectivity index (χ4v) is 4.44. The first-order chi connectivity index (χ1) is 14.0. The molecule has 0 bridgehead atoms. The summed E-state index contributed by atoms with van der Waals surface area (Å²) in [5.41, 5.74) is 5.47. The molecule has 0 unspecified atom stereocenters. The summed E-state index contributed by atoms with van der Waals surface area (Å²) in [6.45, 7) is 11.3.